The Hall–Kier alpha value is -0.810. The first-order valence-corrected chi connectivity index (χ1v) is 6.79. The van der Waals surface area contributed by atoms with E-state index in [2.05, 4.69) is 17.4 Å². The molecule has 0 saturated carbocycles. The van der Waals surface area contributed by atoms with E-state index in [4.69, 9.17) is 5.73 Å². The van der Waals surface area contributed by atoms with Crippen LogP contribution in [0.2, 0.25) is 0 Å². The van der Waals surface area contributed by atoms with Gasteiger partial charge in [-0.3, -0.25) is 4.79 Å². The molecule has 0 aliphatic heterocycles. The molecular weight excluding hydrogens is 309 g/mol. The zero-order valence-corrected chi connectivity index (χ0v) is 14.4. The number of likely N-dealkylation sites (N-methyl/N-ethyl adjacent to an activating group) is 1. The summed E-state index contributed by atoms with van der Waals surface area (Å²) in [6, 6.07) is 10.2. The van der Waals surface area contributed by atoms with Crippen LogP contribution in [0.15, 0.2) is 30.3 Å². The summed E-state index contributed by atoms with van der Waals surface area (Å²) in [6.45, 7) is 1.56. The fraction of sp³-hybridized carbons (Fsp3) is 0.533. The van der Waals surface area contributed by atoms with Gasteiger partial charge in [-0.15, -0.1) is 24.8 Å². The predicted octanol–water partition coefficient (Wildman–Crippen LogP) is 1.86. The Balaban J connectivity index is 0. The van der Waals surface area contributed by atoms with Gasteiger partial charge in [0.25, 0.3) is 0 Å². The molecular formula is C15H27Cl2N3O. The van der Waals surface area contributed by atoms with Crippen molar-refractivity contribution >= 4 is 30.7 Å². The van der Waals surface area contributed by atoms with Gasteiger partial charge in [-0.2, -0.15) is 0 Å². The average Bonchev–Trinajstić information content (AvgIpc) is 2.37. The van der Waals surface area contributed by atoms with Gasteiger partial charge >= 0.3 is 0 Å². The molecule has 0 bridgehead atoms. The lowest BCUT2D eigenvalue weighted by Gasteiger charge is -2.13. The zero-order valence-electron chi connectivity index (χ0n) is 12.7. The first-order valence-electron chi connectivity index (χ1n) is 6.79. The molecule has 1 rings (SSSR count). The average molecular weight is 336 g/mol. The molecule has 4 nitrogen and oxygen atoms in total. The molecule has 1 aromatic rings. The first-order chi connectivity index (χ1) is 9.08. The smallest absolute Gasteiger partial charge is 0.220 e. The van der Waals surface area contributed by atoms with Crippen molar-refractivity contribution in [2.45, 2.75) is 25.3 Å². The molecule has 0 fully saturated rings. The number of hydrogen-bond acceptors (Lipinski definition) is 3. The number of amides is 1. The number of nitrogens with two attached hydrogens (primary N) is 1. The third kappa shape index (κ3) is 11.5. The zero-order chi connectivity index (χ0) is 14.1. The Morgan fingerprint density at radius 3 is 2.43 bits per heavy atom. The number of halogens is 2. The molecule has 0 radical (unpaired) electrons. The predicted molar refractivity (Wildman–Crippen MR) is 93.4 cm³/mol. The Morgan fingerprint density at radius 2 is 1.86 bits per heavy atom. The molecule has 6 heteroatoms. The summed E-state index contributed by atoms with van der Waals surface area (Å²) >= 11 is 0. The van der Waals surface area contributed by atoms with E-state index in [1.165, 1.54) is 5.56 Å². The minimum Gasteiger partial charge on any atom is -0.355 e. The van der Waals surface area contributed by atoms with E-state index in [0.29, 0.717) is 13.0 Å². The van der Waals surface area contributed by atoms with Crippen molar-refractivity contribution in [2.75, 3.05) is 27.2 Å². The van der Waals surface area contributed by atoms with Crippen LogP contribution in [0.25, 0.3) is 0 Å². The van der Waals surface area contributed by atoms with E-state index in [-0.39, 0.29) is 36.8 Å². The summed E-state index contributed by atoms with van der Waals surface area (Å²) in [6.07, 6.45) is 2.05. The summed E-state index contributed by atoms with van der Waals surface area (Å²) in [4.78, 5) is 13.6. The molecule has 0 aliphatic rings. The Bertz CT molecular complexity index is 374. The summed E-state index contributed by atoms with van der Waals surface area (Å²) in [7, 11) is 3.98. The van der Waals surface area contributed by atoms with Gasteiger partial charge in [0.1, 0.15) is 0 Å². The highest BCUT2D eigenvalue weighted by Crippen LogP contribution is 2.05. The molecule has 0 heterocycles. The monoisotopic (exact) mass is 335 g/mol. The fourth-order valence-electron chi connectivity index (χ4n) is 1.84. The van der Waals surface area contributed by atoms with Gasteiger partial charge in [0.15, 0.2) is 0 Å². The minimum atomic E-state index is 0. The van der Waals surface area contributed by atoms with Crippen LogP contribution in [0, 0.1) is 0 Å². The van der Waals surface area contributed by atoms with E-state index >= 15 is 0 Å². The van der Waals surface area contributed by atoms with Crippen LogP contribution in [-0.4, -0.2) is 44.0 Å². The molecule has 1 amide bonds. The molecule has 0 aromatic heterocycles. The van der Waals surface area contributed by atoms with Crippen LogP contribution in [-0.2, 0) is 11.2 Å². The van der Waals surface area contributed by atoms with Gasteiger partial charge in [-0.25, -0.2) is 0 Å². The van der Waals surface area contributed by atoms with Crippen molar-refractivity contribution in [3.63, 3.8) is 0 Å². The number of nitrogens with one attached hydrogen (secondary N) is 1. The Morgan fingerprint density at radius 1 is 1.24 bits per heavy atom. The molecule has 1 atom stereocenters. The molecule has 0 spiro atoms. The van der Waals surface area contributed by atoms with Crippen LogP contribution in [0.4, 0.5) is 0 Å². The second-order valence-corrected chi connectivity index (χ2v) is 5.14. The van der Waals surface area contributed by atoms with E-state index < -0.39 is 0 Å². The number of carbonyl (C=O) groups excluding carboxylic acids is 1. The summed E-state index contributed by atoms with van der Waals surface area (Å²) < 4.78 is 0. The number of hydrogen-bond donors (Lipinski definition) is 2. The van der Waals surface area contributed by atoms with Gasteiger partial charge in [0.2, 0.25) is 5.91 Å². The molecule has 1 aromatic carbocycles. The highest BCUT2D eigenvalue weighted by atomic mass is 35.5. The SMILES string of the molecule is CN(C)CCNC(=O)CC[C@H](N)Cc1ccccc1.Cl.Cl. The van der Waals surface area contributed by atoms with Crippen LogP contribution in [0.5, 0.6) is 0 Å². The third-order valence-electron chi connectivity index (χ3n) is 2.96. The van der Waals surface area contributed by atoms with E-state index in [1.807, 2.05) is 37.2 Å². The fourth-order valence-corrected chi connectivity index (χ4v) is 1.84. The van der Waals surface area contributed by atoms with Crippen LogP contribution in [0.3, 0.4) is 0 Å². The van der Waals surface area contributed by atoms with E-state index in [0.717, 1.165) is 19.4 Å². The van der Waals surface area contributed by atoms with Crippen molar-refractivity contribution in [3.8, 4) is 0 Å². The van der Waals surface area contributed by atoms with Crippen molar-refractivity contribution in [3.05, 3.63) is 35.9 Å². The lowest BCUT2D eigenvalue weighted by Crippen LogP contribution is -2.32. The lowest BCUT2D eigenvalue weighted by atomic mass is 10.0. The standard InChI is InChI=1S/C15H25N3O.2ClH/c1-18(2)11-10-17-15(19)9-8-14(16)12-13-6-4-3-5-7-13;;/h3-7,14H,8-12,16H2,1-2H3,(H,17,19);2*1H/t14-;;/m0../s1. The lowest BCUT2D eigenvalue weighted by molar-refractivity contribution is -0.121. The molecule has 0 unspecified atom stereocenters. The van der Waals surface area contributed by atoms with E-state index in [9.17, 15) is 4.79 Å². The summed E-state index contributed by atoms with van der Waals surface area (Å²) in [5, 5.41) is 2.90. The van der Waals surface area contributed by atoms with Crippen molar-refractivity contribution < 1.29 is 4.79 Å². The van der Waals surface area contributed by atoms with Crippen LogP contribution >= 0.6 is 24.8 Å². The maximum Gasteiger partial charge on any atom is 0.220 e. The first kappa shape index (κ1) is 22.5. The van der Waals surface area contributed by atoms with Gasteiger partial charge in [0.05, 0.1) is 0 Å². The Labute approximate surface area is 140 Å². The maximum atomic E-state index is 11.6. The normalized spacial score (nSPS) is 11.2. The van der Waals surface area contributed by atoms with Gasteiger partial charge < -0.3 is 16.0 Å². The van der Waals surface area contributed by atoms with Crippen molar-refractivity contribution in [1.29, 1.82) is 0 Å². The molecule has 0 aliphatic carbocycles. The van der Waals surface area contributed by atoms with Gasteiger partial charge in [0, 0.05) is 25.6 Å². The largest absolute Gasteiger partial charge is 0.355 e. The molecule has 3 N–H and O–H groups in total. The highest BCUT2D eigenvalue weighted by molar-refractivity contribution is 5.85. The number of carbonyl (C=O) groups is 1. The second-order valence-electron chi connectivity index (χ2n) is 5.14. The number of benzene rings is 1. The summed E-state index contributed by atoms with van der Waals surface area (Å²) in [5.74, 6) is 0.0883. The topological polar surface area (TPSA) is 58.4 Å². The minimum absolute atomic E-state index is 0. The Kier molecular flexibility index (Phi) is 13.8. The summed E-state index contributed by atoms with van der Waals surface area (Å²) in [5.41, 5.74) is 7.27. The van der Waals surface area contributed by atoms with Gasteiger partial charge in [-0.1, -0.05) is 30.3 Å². The maximum absolute atomic E-state index is 11.6. The highest BCUT2D eigenvalue weighted by Gasteiger charge is 2.07. The molecule has 0 saturated heterocycles. The van der Waals surface area contributed by atoms with Gasteiger partial charge in [-0.05, 0) is 32.5 Å². The quantitative estimate of drug-likeness (QED) is 0.762. The van der Waals surface area contributed by atoms with Crippen LogP contribution in [0.1, 0.15) is 18.4 Å². The number of nitrogens with zero attached hydrogens (tertiary/aromatic N) is 1. The molecule has 122 valence electrons. The van der Waals surface area contributed by atoms with Crippen molar-refractivity contribution in [2.24, 2.45) is 5.73 Å². The van der Waals surface area contributed by atoms with Crippen molar-refractivity contribution in [1.82, 2.24) is 10.2 Å². The third-order valence-corrected chi connectivity index (χ3v) is 2.96. The second kappa shape index (κ2) is 12.9. The van der Waals surface area contributed by atoms with E-state index in [1.54, 1.807) is 0 Å². The molecule has 21 heavy (non-hydrogen) atoms. The van der Waals surface area contributed by atoms with Crippen LogP contribution < -0.4 is 11.1 Å². The number of rotatable bonds is 8.